The molecule has 0 bridgehead atoms. The molecule has 0 saturated carbocycles. The molecule has 3 heterocycles. The van der Waals surface area contributed by atoms with Gasteiger partial charge in [0.1, 0.15) is 5.69 Å². The van der Waals surface area contributed by atoms with E-state index in [-0.39, 0.29) is 5.91 Å². The molecule has 0 radical (unpaired) electrons. The molecular formula is C15H20N6O2. The molecule has 8 heteroatoms. The van der Waals surface area contributed by atoms with Gasteiger partial charge in [0.2, 0.25) is 5.95 Å². The number of rotatable bonds is 3. The molecule has 1 aliphatic rings. The first-order valence-corrected chi connectivity index (χ1v) is 7.57. The molecule has 3 rings (SSSR count). The number of anilines is 1. The zero-order valence-corrected chi connectivity index (χ0v) is 13.3. The van der Waals surface area contributed by atoms with Crippen molar-refractivity contribution in [2.45, 2.75) is 6.42 Å². The lowest BCUT2D eigenvalue weighted by molar-refractivity contribution is 0.0760. The Morgan fingerprint density at radius 1 is 1.17 bits per heavy atom. The Balaban J connectivity index is 1.65. The Labute approximate surface area is 134 Å². The second kappa shape index (κ2) is 6.64. The number of methoxy groups -OCH3 is 1. The highest BCUT2D eigenvalue weighted by atomic mass is 16.5. The van der Waals surface area contributed by atoms with Crippen LogP contribution in [0.25, 0.3) is 0 Å². The number of hydrogen-bond donors (Lipinski definition) is 0. The predicted octanol–water partition coefficient (Wildman–Crippen LogP) is 0.571. The van der Waals surface area contributed by atoms with E-state index in [0.717, 1.165) is 13.0 Å². The topological polar surface area (TPSA) is 76.4 Å². The average molecular weight is 316 g/mol. The van der Waals surface area contributed by atoms with E-state index in [1.54, 1.807) is 36.4 Å². The molecule has 8 nitrogen and oxygen atoms in total. The molecule has 1 amide bonds. The van der Waals surface area contributed by atoms with Crippen molar-refractivity contribution in [1.29, 1.82) is 0 Å². The quantitative estimate of drug-likeness (QED) is 0.824. The van der Waals surface area contributed by atoms with Gasteiger partial charge in [-0.2, -0.15) is 5.10 Å². The molecule has 0 aromatic carbocycles. The van der Waals surface area contributed by atoms with Crippen LogP contribution in [0, 0.1) is 0 Å². The fourth-order valence-corrected chi connectivity index (χ4v) is 2.59. The number of carbonyl (C=O) groups excluding carboxylic acids is 1. The molecule has 0 aliphatic carbocycles. The Kier molecular flexibility index (Phi) is 4.40. The first-order chi connectivity index (χ1) is 11.2. The molecule has 0 N–H and O–H groups in total. The third-order valence-corrected chi connectivity index (χ3v) is 3.85. The van der Waals surface area contributed by atoms with Crippen molar-refractivity contribution < 1.29 is 9.53 Å². The van der Waals surface area contributed by atoms with Crippen LogP contribution in [0.15, 0.2) is 24.7 Å². The van der Waals surface area contributed by atoms with Crippen LogP contribution in [0.1, 0.15) is 16.9 Å². The summed E-state index contributed by atoms with van der Waals surface area (Å²) in [6.45, 7) is 2.86. The lowest BCUT2D eigenvalue weighted by Gasteiger charge is -2.21. The minimum atomic E-state index is -0.0249. The highest BCUT2D eigenvalue weighted by Crippen LogP contribution is 2.15. The van der Waals surface area contributed by atoms with Gasteiger partial charge in [0.05, 0.1) is 19.5 Å². The molecule has 0 spiro atoms. The Morgan fingerprint density at radius 3 is 2.61 bits per heavy atom. The van der Waals surface area contributed by atoms with Gasteiger partial charge in [-0.25, -0.2) is 9.97 Å². The van der Waals surface area contributed by atoms with Crippen LogP contribution >= 0.6 is 0 Å². The molecule has 2 aromatic heterocycles. The van der Waals surface area contributed by atoms with Crippen molar-refractivity contribution in [3.8, 4) is 5.75 Å². The van der Waals surface area contributed by atoms with Crippen LogP contribution in [0.5, 0.6) is 5.75 Å². The SMILES string of the molecule is COc1cnc(N2CCCN(C(=O)c3ccn(C)n3)CC2)nc1. The maximum atomic E-state index is 12.5. The van der Waals surface area contributed by atoms with E-state index < -0.39 is 0 Å². The lowest BCUT2D eigenvalue weighted by atomic mass is 10.3. The largest absolute Gasteiger partial charge is 0.494 e. The first-order valence-electron chi connectivity index (χ1n) is 7.57. The van der Waals surface area contributed by atoms with Crippen LogP contribution in [-0.2, 0) is 7.05 Å². The predicted molar refractivity (Wildman–Crippen MR) is 84.5 cm³/mol. The average Bonchev–Trinajstić information content (AvgIpc) is 2.87. The summed E-state index contributed by atoms with van der Waals surface area (Å²) in [6.07, 6.45) is 5.96. The number of hydrogen-bond acceptors (Lipinski definition) is 6. The second-order valence-electron chi connectivity index (χ2n) is 5.43. The van der Waals surface area contributed by atoms with E-state index in [0.29, 0.717) is 37.0 Å². The normalized spacial score (nSPS) is 15.4. The van der Waals surface area contributed by atoms with E-state index in [2.05, 4.69) is 20.0 Å². The summed E-state index contributed by atoms with van der Waals surface area (Å²) >= 11 is 0. The standard InChI is InChI=1S/C15H20N6O2/c1-19-7-4-13(18-19)14(22)20-5-3-6-21(9-8-20)15-16-10-12(23-2)11-17-15/h4,7,10-11H,3,5-6,8-9H2,1-2H3. The minimum Gasteiger partial charge on any atom is -0.494 e. The fourth-order valence-electron chi connectivity index (χ4n) is 2.59. The Hall–Kier alpha value is -2.64. The van der Waals surface area contributed by atoms with Gasteiger partial charge in [-0.1, -0.05) is 0 Å². The van der Waals surface area contributed by atoms with Gasteiger partial charge >= 0.3 is 0 Å². The third-order valence-electron chi connectivity index (χ3n) is 3.85. The third kappa shape index (κ3) is 3.41. The van der Waals surface area contributed by atoms with Gasteiger partial charge < -0.3 is 14.5 Å². The molecule has 1 aliphatic heterocycles. The summed E-state index contributed by atoms with van der Waals surface area (Å²) in [6, 6.07) is 1.75. The molecule has 23 heavy (non-hydrogen) atoms. The van der Waals surface area contributed by atoms with Crippen LogP contribution < -0.4 is 9.64 Å². The summed E-state index contributed by atoms with van der Waals surface area (Å²) < 4.78 is 6.72. The van der Waals surface area contributed by atoms with Crippen molar-refractivity contribution in [2.75, 3.05) is 38.2 Å². The van der Waals surface area contributed by atoms with E-state index in [4.69, 9.17) is 4.74 Å². The van der Waals surface area contributed by atoms with Gasteiger partial charge in [0, 0.05) is 39.4 Å². The fraction of sp³-hybridized carbons (Fsp3) is 0.467. The zero-order chi connectivity index (χ0) is 16.2. The van der Waals surface area contributed by atoms with Gasteiger partial charge in [0.25, 0.3) is 5.91 Å². The van der Waals surface area contributed by atoms with Crippen LogP contribution in [0.3, 0.4) is 0 Å². The Morgan fingerprint density at radius 2 is 1.96 bits per heavy atom. The maximum absolute atomic E-state index is 12.5. The van der Waals surface area contributed by atoms with Crippen LogP contribution in [-0.4, -0.2) is 63.8 Å². The monoisotopic (exact) mass is 316 g/mol. The lowest BCUT2D eigenvalue weighted by Crippen LogP contribution is -2.35. The van der Waals surface area contributed by atoms with E-state index >= 15 is 0 Å². The van der Waals surface area contributed by atoms with Gasteiger partial charge in [0.15, 0.2) is 5.75 Å². The second-order valence-corrected chi connectivity index (χ2v) is 5.43. The molecule has 122 valence electrons. The highest BCUT2D eigenvalue weighted by Gasteiger charge is 2.22. The Bertz CT molecular complexity index is 669. The zero-order valence-electron chi connectivity index (χ0n) is 13.3. The molecule has 1 fully saturated rings. The van der Waals surface area contributed by atoms with Crippen molar-refractivity contribution in [3.63, 3.8) is 0 Å². The van der Waals surface area contributed by atoms with Gasteiger partial charge in [-0.05, 0) is 12.5 Å². The van der Waals surface area contributed by atoms with Crippen LogP contribution in [0.2, 0.25) is 0 Å². The van der Waals surface area contributed by atoms with Crippen molar-refractivity contribution in [1.82, 2.24) is 24.6 Å². The van der Waals surface area contributed by atoms with E-state index in [1.807, 2.05) is 11.9 Å². The summed E-state index contributed by atoms with van der Waals surface area (Å²) in [5.41, 5.74) is 0.488. The summed E-state index contributed by atoms with van der Waals surface area (Å²) in [5.74, 6) is 1.27. The molecule has 1 saturated heterocycles. The summed E-state index contributed by atoms with van der Waals surface area (Å²) in [7, 11) is 3.40. The van der Waals surface area contributed by atoms with Gasteiger partial charge in [-0.15, -0.1) is 0 Å². The number of carbonyl (C=O) groups is 1. The number of aromatic nitrogens is 4. The minimum absolute atomic E-state index is 0.0249. The summed E-state index contributed by atoms with van der Waals surface area (Å²) in [4.78, 5) is 25.0. The molecule has 0 atom stereocenters. The molecule has 0 unspecified atom stereocenters. The van der Waals surface area contributed by atoms with E-state index in [9.17, 15) is 4.79 Å². The molecular weight excluding hydrogens is 296 g/mol. The van der Waals surface area contributed by atoms with Crippen molar-refractivity contribution in [3.05, 3.63) is 30.4 Å². The number of aryl methyl sites for hydroxylation is 1. The van der Waals surface area contributed by atoms with Crippen LogP contribution in [0.4, 0.5) is 5.95 Å². The first kappa shape index (κ1) is 15.3. The van der Waals surface area contributed by atoms with Crippen molar-refractivity contribution >= 4 is 11.9 Å². The number of amides is 1. The maximum Gasteiger partial charge on any atom is 0.274 e. The van der Waals surface area contributed by atoms with Crippen molar-refractivity contribution in [2.24, 2.45) is 7.05 Å². The summed E-state index contributed by atoms with van der Waals surface area (Å²) in [5, 5.41) is 4.19. The van der Waals surface area contributed by atoms with E-state index in [1.165, 1.54) is 0 Å². The smallest absolute Gasteiger partial charge is 0.274 e. The molecule has 2 aromatic rings. The highest BCUT2D eigenvalue weighted by molar-refractivity contribution is 5.92. The number of ether oxygens (including phenoxy) is 1. The number of nitrogens with zero attached hydrogens (tertiary/aromatic N) is 6. The van der Waals surface area contributed by atoms with Gasteiger partial charge in [-0.3, -0.25) is 9.48 Å².